The Morgan fingerprint density at radius 2 is 2.00 bits per heavy atom. The largest absolute Gasteiger partial charge is 0.378 e. The van der Waals surface area contributed by atoms with E-state index in [-0.39, 0.29) is 17.0 Å². The van der Waals surface area contributed by atoms with Crippen LogP contribution >= 0.6 is 11.8 Å². The fourth-order valence-electron chi connectivity index (χ4n) is 3.41. The summed E-state index contributed by atoms with van der Waals surface area (Å²) in [7, 11) is 0. The molecule has 3 heterocycles. The highest BCUT2D eigenvalue weighted by atomic mass is 32.2. The lowest BCUT2D eigenvalue weighted by Crippen LogP contribution is -2.46. The van der Waals surface area contributed by atoms with Gasteiger partial charge < -0.3 is 10.5 Å². The van der Waals surface area contributed by atoms with Crippen LogP contribution in [0.15, 0.2) is 35.8 Å². The summed E-state index contributed by atoms with van der Waals surface area (Å²) in [5, 5.41) is 0.353. The molecule has 25 heavy (non-hydrogen) atoms. The standard InChI is InChI=1S/C17H16F2N4OS/c18-14-5-15(19)13(4-12(14)10-6-21-9-22-7-10)17-11(2-1-3-24-17)8-25-16(20)23-17/h4-7,9,11H,1-3,8H2,(H2,20,23). The van der Waals surface area contributed by atoms with Crippen molar-refractivity contribution in [2.45, 2.75) is 18.6 Å². The van der Waals surface area contributed by atoms with Gasteiger partial charge in [0.05, 0.1) is 0 Å². The number of aromatic nitrogens is 2. The molecule has 5 nitrogen and oxygen atoms in total. The van der Waals surface area contributed by atoms with Crippen LogP contribution in [-0.4, -0.2) is 27.5 Å². The van der Waals surface area contributed by atoms with Crippen molar-refractivity contribution >= 4 is 16.9 Å². The summed E-state index contributed by atoms with van der Waals surface area (Å²) in [6.45, 7) is 0.457. The number of nitrogens with two attached hydrogens (primary N) is 1. The molecule has 0 radical (unpaired) electrons. The molecule has 1 fully saturated rings. The van der Waals surface area contributed by atoms with Crippen molar-refractivity contribution < 1.29 is 13.5 Å². The number of rotatable bonds is 2. The minimum Gasteiger partial charge on any atom is -0.378 e. The Balaban J connectivity index is 1.91. The molecule has 0 bridgehead atoms. The minimum atomic E-state index is -1.20. The van der Waals surface area contributed by atoms with Crippen molar-refractivity contribution in [3.63, 3.8) is 0 Å². The summed E-state index contributed by atoms with van der Waals surface area (Å²) in [5.41, 5.74) is 5.60. The van der Waals surface area contributed by atoms with Crippen LogP contribution < -0.4 is 5.73 Å². The third-order valence-corrected chi connectivity index (χ3v) is 5.55. The third-order valence-electron chi connectivity index (χ3n) is 4.60. The van der Waals surface area contributed by atoms with Gasteiger partial charge in [-0.1, -0.05) is 11.8 Å². The lowest BCUT2D eigenvalue weighted by Gasteiger charge is -2.43. The third kappa shape index (κ3) is 2.79. The van der Waals surface area contributed by atoms with E-state index >= 15 is 0 Å². The predicted octanol–water partition coefficient (Wildman–Crippen LogP) is 3.06. The van der Waals surface area contributed by atoms with Gasteiger partial charge in [-0.3, -0.25) is 0 Å². The second-order valence-electron chi connectivity index (χ2n) is 6.08. The summed E-state index contributed by atoms with van der Waals surface area (Å²) in [6, 6.07) is 2.32. The molecule has 2 aliphatic rings. The first kappa shape index (κ1) is 16.4. The average Bonchev–Trinajstić information content (AvgIpc) is 2.62. The lowest BCUT2D eigenvalue weighted by atomic mass is 9.83. The zero-order chi connectivity index (χ0) is 17.4. The summed E-state index contributed by atoms with van der Waals surface area (Å²) in [6.07, 6.45) is 6.06. The van der Waals surface area contributed by atoms with Gasteiger partial charge >= 0.3 is 0 Å². The molecular formula is C17H16F2N4OS. The number of thioether (sulfide) groups is 1. The van der Waals surface area contributed by atoms with Crippen LogP contribution in [0.4, 0.5) is 8.78 Å². The number of amidine groups is 1. The Labute approximate surface area is 147 Å². The van der Waals surface area contributed by atoms with Gasteiger partial charge in [0.15, 0.2) is 10.9 Å². The van der Waals surface area contributed by atoms with Crippen molar-refractivity contribution in [2.24, 2.45) is 16.6 Å². The molecular weight excluding hydrogens is 346 g/mol. The van der Waals surface area contributed by atoms with E-state index in [0.717, 1.165) is 18.9 Å². The van der Waals surface area contributed by atoms with Crippen LogP contribution in [0.1, 0.15) is 18.4 Å². The van der Waals surface area contributed by atoms with E-state index < -0.39 is 17.4 Å². The van der Waals surface area contributed by atoms with E-state index in [1.54, 1.807) is 0 Å². The lowest BCUT2D eigenvalue weighted by molar-refractivity contribution is -0.115. The van der Waals surface area contributed by atoms with Gasteiger partial charge in [-0.2, -0.15) is 0 Å². The number of ether oxygens (including phenoxy) is 1. The van der Waals surface area contributed by atoms with Crippen molar-refractivity contribution in [3.05, 3.63) is 48.1 Å². The Hall–Kier alpha value is -2.06. The second kappa shape index (κ2) is 6.34. The SMILES string of the molecule is NC1=NC2(c3cc(-c4cncnc4)c(F)cc3F)OCCCC2CS1. The molecule has 1 aromatic carbocycles. The fraction of sp³-hybridized carbons (Fsp3) is 0.353. The molecule has 8 heteroatoms. The van der Waals surface area contributed by atoms with E-state index in [1.807, 2.05) is 0 Å². The molecule has 1 saturated heterocycles. The van der Waals surface area contributed by atoms with Crippen LogP contribution in [0.25, 0.3) is 11.1 Å². The molecule has 2 unspecified atom stereocenters. The maximum absolute atomic E-state index is 14.8. The topological polar surface area (TPSA) is 73.4 Å². The molecule has 2 N–H and O–H groups in total. The summed E-state index contributed by atoms with van der Waals surface area (Å²) in [4.78, 5) is 12.3. The first-order valence-corrected chi connectivity index (χ1v) is 8.96. The Bertz CT molecular complexity index is 833. The van der Waals surface area contributed by atoms with E-state index in [2.05, 4.69) is 15.0 Å². The van der Waals surface area contributed by atoms with E-state index in [4.69, 9.17) is 10.5 Å². The van der Waals surface area contributed by atoms with Crippen LogP contribution in [0.5, 0.6) is 0 Å². The highest BCUT2D eigenvalue weighted by molar-refractivity contribution is 8.13. The van der Waals surface area contributed by atoms with E-state index in [0.29, 0.717) is 23.1 Å². The Morgan fingerprint density at radius 1 is 1.20 bits per heavy atom. The van der Waals surface area contributed by atoms with Gasteiger partial charge in [0, 0.05) is 53.4 Å². The number of hydrogen-bond donors (Lipinski definition) is 1. The molecule has 4 rings (SSSR count). The number of halogens is 2. The van der Waals surface area contributed by atoms with Crippen molar-refractivity contribution in [2.75, 3.05) is 12.4 Å². The van der Waals surface area contributed by atoms with Gasteiger partial charge in [-0.15, -0.1) is 0 Å². The van der Waals surface area contributed by atoms with Crippen LogP contribution in [0, 0.1) is 17.6 Å². The van der Waals surface area contributed by atoms with Crippen LogP contribution in [0.3, 0.4) is 0 Å². The number of nitrogens with zero attached hydrogens (tertiary/aromatic N) is 3. The predicted molar refractivity (Wildman–Crippen MR) is 91.8 cm³/mol. The van der Waals surface area contributed by atoms with E-state index in [9.17, 15) is 8.78 Å². The van der Waals surface area contributed by atoms with Gasteiger partial charge in [0.2, 0.25) is 0 Å². The molecule has 0 saturated carbocycles. The van der Waals surface area contributed by atoms with E-state index in [1.165, 1.54) is 36.5 Å². The molecule has 0 amide bonds. The summed E-state index contributed by atoms with van der Waals surface area (Å²) < 4.78 is 35.1. The smallest absolute Gasteiger partial charge is 0.194 e. The summed E-state index contributed by atoms with van der Waals surface area (Å²) in [5.74, 6) is -0.690. The Kier molecular flexibility index (Phi) is 4.16. The Morgan fingerprint density at radius 3 is 2.80 bits per heavy atom. The van der Waals surface area contributed by atoms with Gasteiger partial charge in [0.1, 0.15) is 18.0 Å². The molecule has 2 atom stereocenters. The highest BCUT2D eigenvalue weighted by Crippen LogP contribution is 2.47. The number of benzene rings is 1. The van der Waals surface area contributed by atoms with Gasteiger partial charge in [0.25, 0.3) is 0 Å². The number of aliphatic imine (C=N–C) groups is 1. The van der Waals surface area contributed by atoms with Crippen LogP contribution in [-0.2, 0) is 10.5 Å². The fourth-order valence-corrected chi connectivity index (χ4v) is 4.38. The quantitative estimate of drug-likeness (QED) is 0.889. The zero-order valence-electron chi connectivity index (χ0n) is 13.3. The second-order valence-corrected chi connectivity index (χ2v) is 7.12. The average molecular weight is 362 g/mol. The molecule has 2 aliphatic heterocycles. The molecule has 1 aromatic heterocycles. The van der Waals surface area contributed by atoms with Crippen molar-refractivity contribution in [3.8, 4) is 11.1 Å². The highest BCUT2D eigenvalue weighted by Gasteiger charge is 2.48. The maximum atomic E-state index is 14.8. The van der Waals surface area contributed by atoms with Crippen molar-refractivity contribution in [1.29, 1.82) is 0 Å². The zero-order valence-corrected chi connectivity index (χ0v) is 14.1. The van der Waals surface area contributed by atoms with Crippen molar-refractivity contribution in [1.82, 2.24) is 9.97 Å². The molecule has 130 valence electrons. The minimum absolute atomic E-state index is 0.0154. The molecule has 0 spiro atoms. The molecule has 0 aliphatic carbocycles. The van der Waals surface area contributed by atoms with Gasteiger partial charge in [-0.05, 0) is 18.9 Å². The number of hydrogen-bond acceptors (Lipinski definition) is 6. The maximum Gasteiger partial charge on any atom is 0.194 e. The summed E-state index contributed by atoms with van der Waals surface area (Å²) >= 11 is 1.44. The first-order chi connectivity index (χ1) is 12.1. The molecule has 2 aromatic rings. The first-order valence-electron chi connectivity index (χ1n) is 7.97. The van der Waals surface area contributed by atoms with Crippen LogP contribution in [0.2, 0.25) is 0 Å². The normalized spacial score (nSPS) is 26.0. The monoisotopic (exact) mass is 362 g/mol. The van der Waals surface area contributed by atoms with Gasteiger partial charge in [-0.25, -0.2) is 23.7 Å². The number of fused-ring (bicyclic) bond motifs is 1.